The third kappa shape index (κ3) is 2.71. The van der Waals surface area contributed by atoms with Crippen LogP contribution in [0.5, 0.6) is 0 Å². The van der Waals surface area contributed by atoms with Crippen LogP contribution >= 0.6 is 0 Å². The molecule has 142 valence electrons. The second-order valence-corrected chi connectivity index (χ2v) is 7.43. The predicted octanol–water partition coefficient (Wildman–Crippen LogP) is 4.36. The number of nitrogens with zero attached hydrogens (tertiary/aromatic N) is 2. The number of fused-ring (bicyclic) bond motifs is 2. The van der Waals surface area contributed by atoms with Crippen LogP contribution in [-0.4, -0.2) is 50.3 Å². The van der Waals surface area contributed by atoms with Gasteiger partial charge in [-0.05, 0) is 17.5 Å². The van der Waals surface area contributed by atoms with E-state index in [9.17, 15) is 4.79 Å². The van der Waals surface area contributed by atoms with Gasteiger partial charge < -0.3 is 4.74 Å². The number of hydrogen-bond donors (Lipinski definition) is 1. The Kier molecular flexibility index (Phi) is 4.36. The molecule has 0 saturated carbocycles. The van der Waals surface area contributed by atoms with Crippen LogP contribution in [0.25, 0.3) is 10.8 Å². The van der Waals surface area contributed by atoms with E-state index in [2.05, 4.69) is 46.6 Å². The molecule has 1 atom stereocenters. The monoisotopic (exact) mass is 374 g/mol. The number of morpholine rings is 1. The fourth-order valence-corrected chi connectivity index (χ4v) is 4.47. The van der Waals surface area contributed by atoms with Crippen molar-refractivity contribution < 1.29 is 9.53 Å². The van der Waals surface area contributed by atoms with Crippen LogP contribution in [0, 0.1) is 0 Å². The Morgan fingerprint density at radius 1 is 0.893 bits per heavy atom. The molecule has 0 aromatic heterocycles. The highest BCUT2D eigenvalue weighted by molar-refractivity contribution is 6.15. The van der Waals surface area contributed by atoms with Crippen molar-refractivity contribution in [2.45, 2.75) is 0 Å². The second-order valence-electron chi connectivity index (χ2n) is 7.43. The fraction of sp³-hybridized carbons (Fsp3) is 0.261. The molecule has 1 unspecified atom stereocenters. The van der Waals surface area contributed by atoms with Gasteiger partial charge in [-0.25, -0.2) is 4.79 Å². The van der Waals surface area contributed by atoms with Crippen molar-refractivity contribution in [3.05, 3.63) is 66.7 Å². The van der Waals surface area contributed by atoms with Gasteiger partial charge in [0, 0.05) is 37.2 Å². The minimum absolute atomic E-state index is 0.0193. The second kappa shape index (κ2) is 7.02. The van der Waals surface area contributed by atoms with Crippen LogP contribution in [-0.2, 0) is 4.74 Å². The summed E-state index contributed by atoms with van der Waals surface area (Å²) in [6.45, 7) is 4.89. The molecule has 0 bridgehead atoms. The van der Waals surface area contributed by atoms with Crippen molar-refractivity contribution in [1.82, 2.24) is 9.38 Å². The smallest absolute Gasteiger partial charge is 0.379 e. The lowest BCUT2D eigenvalue weighted by atomic mass is 10.1. The number of para-hydroxylation sites is 2. The van der Waals surface area contributed by atoms with Gasteiger partial charge in [-0.3, -0.25) is 10.2 Å². The number of urea groups is 1. The molecule has 3 aromatic rings. The summed E-state index contributed by atoms with van der Waals surface area (Å²) in [6, 6.07) is 22.7. The quantitative estimate of drug-likeness (QED) is 0.690. The summed E-state index contributed by atoms with van der Waals surface area (Å²) in [5, 5.41) is 5.41. The minimum Gasteiger partial charge on any atom is -0.379 e. The van der Waals surface area contributed by atoms with E-state index in [1.807, 2.05) is 30.3 Å². The van der Waals surface area contributed by atoms with E-state index in [0.29, 0.717) is 6.54 Å². The molecular formula is C23H24N3O2+. The number of amides is 2. The van der Waals surface area contributed by atoms with Gasteiger partial charge in [-0.1, -0.05) is 42.5 Å². The average molecular weight is 374 g/mol. The lowest BCUT2D eigenvalue weighted by molar-refractivity contribution is 0.0368. The van der Waals surface area contributed by atoms with Crippen LogP contribution in [0.3, 0.4) is 0 Å². The number of ether oxygens (including phenoxy) is 1. The third-order valence-electron chi connectivity index (χ3n) is 5.94. The van der Waals surface area contributed by atoms with Crippen LogP contribution in [0.2, 0.25) is 0 Å². The molecule has 28 heavy (non-hydrogen) atoms. The van der Waals surface area contributed by atoms with Crippen molar-refractivity contribution in [2.75, 3.05) is 44.7 Å². The number of carbonyl (C=O) groups excluding carboxylic acids is 1. The van der Waals surface area contributed by atoms with Gasteiger partial charge in [-0.15, -0.1) is 0 Å². The Morgan fingerprint density at radius 2 is 1.61 bits per heavy atom. The summed E-state index contributed by atoms with van der Waals surface area (Å²) in [7, 11) is 0. The summed E-state index contributed by atoms with van der Waals surface area (Å²) in [5.74, 6) is 0. The SMILES string of the molecule is O=C1Nc2ccccc2[N+]1(CCN1CCOCC1)c1cccc2ccccc12. The van der Waals surface area contributed by atoms with E-state index >= 15 is 0 Å². The molecule has 2 heterocycles. The first-order valence-electron chi connectivity index (χ1n) is 9.87. The number of carbonyl (C=O) groups is 1. The van der Waals surface area contributed by atoms with Crippen LogP contribution in [0.4, 0.5) is 21.9 Å². The number of hydrogen-bond acceptors (Lipinski definition) is 3. The van der Waals surface area contributed by atoms with Crippen LogP contribution in [0.15, 0.2) is 66.7 Å². The van der Waals surface area contributed by atoms with Gasteiger partial charge in [0.1, 0.15) is 12.2 Å². The Hall–Kier alpha value is -2.73. The van der Waals surface area contributed by atoms with Gasteiger partial charge in [0.05, 0.1) is 13.2 Å². The van der Waals surface area contributed by atoms with Gasteiger partial charge in [-0.2, -0.15) is 4.48 Å². The Balaban J connectivity index is 1.66. The van der Waals surface area contributed by atoms with E-state index in [0.717, 1.165) is 60.7 Å². The number of rotatable bonds is 4. The lowest BCUT2D eigenvalue weighted by Crippen LogP contribution is -2.53. The van der Waals surface area contributed by atoms with Crippen molar-refractivity contribution in [2.24, 2.45) is 0 Å². The van der Waals surface area contributed by atoms with Crippen LogP contribution in [0.1, 0.15) is 0 Å². The molecule has 5 rings (SSSR count). The number of anilines is 1. The van der Waals surface area contributed by atoms with E-state index in [-0.39, 0.29) is 10.5 Å². The molecule has 3 aromatic carbocycles. The van der Waals surface area contributed by atoms with Crippen molar-refractivity contribution in [1.29, 1.82) is 0 Å². The highest BCUT2D eigenvalue weighted by Gasteiger charge is 2.49. The predicted molar refractivity (Wildman–Crippen MR) is 113 cm³/mol. The summed E-state index contributed by atoms with van der Waals surface area (Å²) < 4.78 is 5.69. The normalized spacial score (nSPS) is 22.2. The molecule has 5 heteroatoms. The summed E-state index contributed by atoms with van der Waals surface area (Å²) in [5.41, 5.74) is 2.97. The van der Waals surface area contributed by atoms with Gasteiger partial charge in [0.25, 0.3) is 0 Å². The molecule has 0 radical (unpaired) electrons. The third-order valence-corrected chi connectivity index (χ3v) is 5.94. The fourth-order valence-electron chi connectivity index (χ4n) is 4.47. The highest BCUT2D eigenvalue weighted by atomic mass is 16.5. The maximum atomic E-state index is 13.5. The number of quaternary nitrogens is 1. The van der Waals surface area contributed by atoms with Gasteiger partial charge in [0.2, 0.25) is 0 Å². The van der Waals surface area contributed by atoms with Crippen molar-refractivity contribution >= 4 is 33.9 Å². The molecule has 5 nitrogen and oxygen atoms in total. The summed E-state index contributed by atoms with van der Waals surface area (Å²) in [4.78, 5) is 15.9. The highest BCUT2D eigenvalue weighted by Crippen LogP contribution is 2.47. The van der Waals surface area contributed by atoms with Gasteiger partial charge >= 0.3 is 6.03 Å². The van der Waals surface area contributed by atoms with Crippen molar-refractivity contribution in [3.8, 4) is 0 Å². The zero-order valence-corrected chi connectivity index (χ0v) is 15.8. The molecule has 2 aliphatic heterocycles. The number of benzene rings is 3. The maximum Gasteiger partial charge on any atom is 0.431 e. The first-order chi connectivity index (χ1) is 13.8. The molecule has 0 aliphatic carbocycles. The molecule has 0 spiro atoms. The topological polar surface area (TPSA) is 41.6 Å². The minimum atomic E-state index is 0.0193. The molecule has 2 amide bonds. The largest absolute Gasteiger partial charge is 0.431 e. The van der Waals surface area contributed by atoms with Crippen LogP contribution < -0.4 is 9.80 Å². The molecule has 1 fully saturated rings. The molecule has 1 N–H and O–H groups in total. The van der Waals surface area contributed by atoms with E-state index in [4.69, 9.17) is 4.74 Å². The first kappa shape index (κ1) is 17.4. The molecule has 2 aliphatic rings. The first-order valence-corrected chi connectivity index (χ1v) is 9.87. The zero-order valence-electron chi connectivity index (χ0n) is 15.8. The van der Waals surface area contributed by atoms with Crippen molar-refractivity contribution in [3.63, 3.8) is 0 Å². The van der Waals surface area contributed by atoms with Gasteiger partial charge in [0.15, 0.2) is 11.4 Å². The standard InChI is InChI=1S/C23H23N3O2/c27-23-24-20-9-3-4-10-22(20)26(23,15-12-25-13-16-28-17-14-25)21-11-5-7-18-6-1-2-8-19(18)21/h1-11H,12-17H2/p+1. The van der Waals surface area contributed by atoms with E-state index in [1.165, 1.54) is 0 Å². The Morgan fingerprint density at radius 3 is 2.50 bits per heavy atom. The molecule has 1 saturated heterocycles. The molecular weight excluding hydrogens is 350 g/mol. The summed E-state index contributed by atoms with van der Waals surface area (Å²) in [6.07, 6.45) is 0. The zero-order chi connectivity index (χ0) is 19.0. The number of nitrogens with one attached hydrogen (secondary N) is 1. The summed E-state index contributed by atoms with van der Waals surface area (Å²) >= 11 is 0. The van der Waals surface area contributed by atoms with E-state index < -0.39 is 0 Å². The lowest BCUT2D eigenvalue weighted by Gasteiger charge is -2.34. The Bertz CT molecular complexity index is 1020. The maximum absolute atomic E-state index is 13.5. The van der Waals surface area contributed by atoms with E-state index in [1.54, 1.807) is 0 Å². The Labute approximate surface area is 164 Å². The average Bonchev–Trinajstić information content (AvgIpc) is 3.04.